The van der Waals surface area contributed by atoms with Crippen molar-refractivity contribution in [1.29, 1.82) is 0 Å². The van der Waals surface area contributed by atoms with Gasteiger partial charge in [0.15, 0.2) is 0 Å². The second-order valence-electron chi connectivity index (χ2n) is 9.18. The second-order valence-corrected chi connectivity index (χ2v) is 9.18. The van der Waals surface area contributed by atoms with Gasteiger partial charge in [-0.1, -0.05) is 64.3 Å². The molecule has 0 spiro atoms. The van der Waals surface area contributed by atoms with E-state index in [1.54, 1.807) is 0 Å². The van der Waals surface area contributed by atoms with E-state index >= 15 is 0 Å². The van der Waals surface area contributed by atoms with Crippen LogP contribution in [0.15, 0.2) is 24.3 Å². The smallest absolute Gasteiger partial charge is 0.307 e. The lowest BCUT2D eigenvalue weighted by molar-refractivity contribution is -0.136. The van der Waals surface area contributed by atoms with Crippen molar-refractivity contribution in [2.24, 2.45) is 5.73 Å². The zero-order valence-corrected chi connectivity index (χ0v) is 23.5. The molecule has 0 saturated heterocycles. The van der Waals surface area contributed by atoms with Gasteiger partial charge in [0.1, 0.15) is 5.82 Å². The van der Waals surface area contributed by atoms with Crippen molar-refractivity contribution in [3.8, 4) is 0 Å². The SMILES string of the molecule is CCCCO.CCC[C@@H](CO)Nc1nc(N)nc(C)c1Cc1ccc(CC(=O)O)cc1.CCC[C@H](N)CO. The standard InChI is InChI=1S/C19H26N4O3.C5H13NO.C4H10O/c1-3-4-15(11-24)22-18-16(12(2)21-19(20)23-18)9-13-5-7-14(8-6-13)10-17(25)26;1-2-3-5(6)4-7;1-2-3-4-5/h5-8,15,24H,3-4,9-11H2,1-2H3,(H,25,26)(H3,20,21,22,23);5,7H,2-4,6H2,1H3;5H,2-4H2,1H3/t15-;5-;/m00./s1. The molecule has 2 atom stereocenters. The first-order valence-electron chi connectivity index (χ1n) is 13.4. The van der Waals surface area contributed by atoms with Crippen molar-refractivity contribution in [2.45, 2.75) is 91.1 Å². The summed E-state index contributed by atoms with van der Waals surface area (Å²) < 4.78 is 0. The van der Waals surface area contributed by atoms with Crippen LogP contribution in [0, 0.1) is 6.92 Å². The lowest BCUT2D eigenvalue weighted by atomic mass is 10.0. The first-order chi connectivity index (χ1) is 18.1. The van der Waals surface area contributed by atoms with E-state index in [2.05, 4.69) is 36.1 Å². The Balaban J connectivity index is 0.000000949. The molecule has 2 aromatic rings. The zero-order chi connectivity index (χ0) is 28.9. The Labute approximate surface area is 227 Å². The number of aliphatic hydroxyl groups is 3. The number of anilines is 2. The number of hydrogen-bond acceptors (Lipinski definition) is 9. The van der Waals surface area contributed by atoms with Crippen LogP contribution in [0.5, 0.6) is 0 Å². The molecule has 10 nitrogen and oxygen atoms in total. The Morgan fingerprint density at radius 3 is 1.97 bits per heavy atom. The average molecular weight is 536 g/mol. The summed E-state index contributed by atoms with van der Waals surface area (Å²) in [5.41, 5.74) is 14.6. The Kier molecular flexibility index (Phi) is 19.6. The topological polar surface area (TPSA) is 188 Å². The summed E-state index contributed by atoms with van der Waals surface area (Å²) in [5, 5.41) is 38.1. The molecule has 0 amide bonds. The number of carbonyl (C=O) groups is 1. The normalized spacial score (nSPS) is 11.9. The number of nitrogen functional groups attached to an aromatic ring is 1. The van der Waals surface area contributed by atoms with Gasteiger partial charge in [0.05, 0.1) is 25.7 Å². The fourth-order valence-corrected chi connectivity index (χ4v) is 3.47. The third-order valence-corrected chi connectivity index (χ3v) is 5.59. The van der Waals surface area contributed by atoms with Crippen molar-refractivity contribution in [3.05, 3.63) is 46.6 Å². The van der Waals surface area contributed by atoms with E-state index in [1.807, 2.05) is 31.2 Å². The van der Waals surface area contributed by atoms with Crippen LogP contribution < -0.4 is 16.8 Å². The predicted octanol–water partition coefficient (Wildman–Crippen LogP) is 3.04. The molecule has 0 aliphatic rings. The molecule has 0 unspecified atom stereocenters. The molecule has 9 N–H and O–H groups in total. The molecule has 0 bridgehead atoms. The monoisotopic (exact) mass is 535 g/mol. The maximum atomic E-state index is 10.8. The number of aryl methyl sites for hydroxylation is 1. The molecule has 0 aliphatic carbocycles. The van der Waals surface area contributed by atoms with E-state index in [9.17, 15) is 9.90 Å². The summed E-state index contributed by atoms with van der Waals surface area (Å²) in [6, 6.07) is 7.37. The number of benzene rings is 1. The number of hydrogen-bond donors (Lipinski definition) is 7. The van der Waals surface area contributed by atoms with E-state index in [4.69, 9.17) is 26.8 Å². The van der Waals surface area contributed by atoms with Crippen LogP contribution in [0.2, 0.25) is 0 Å². The second kappa shape index (κ2) is 21.2. The van der Waals surface area contributed by atoms with Gasteiger partial charge in [-0.15, -0.1) is 0 Å². The minimum Gasteiger partial charge on any atom is -0.481 e. The molecule has 0 saturated carbocycles. The highest BCUT2D eigenvalue weighted by molar-refractivity contribution is 5.70. The van der Waals surface area contributed by atoms with Crippen LogP contribution >= 0.6 is 0 Å². The van der Waals surface area contributed by atoms with Crippen molar-refractivity contribution in [1.82, 2.24) is 9.97 Å². The van der Waals surface area contributed by atoms with Crippen LogP contribution in [0.1, 0.15) is 81.7 Å². The first kappa shape index (κ1) is 35.2. The van der Waals surface area contributed by atoms with Gasteiger partial charge >= 0.3 is 5.97 Å². The number of nitrogens with two attached hydrogens (primary N) is 2. The quantitative estimate of drug-likeness (QED) is 0.189. The fraction of sp³-hybridized carbons (Fsp3) is 0.607. The van der Waals surface area contributed by atoms with Crippen LogP contribution in [-0.2, 0) is 17.6 Å². The molecule has 10 heteroatoms. The number of nitrogens with one attached hydrogen (secondary N) is 1. The van der Waals surface area contributed by atoms with Gasteiger partial charge in [0.25, 0.3) is 0 Å². The van der Waals surface area contributed by atoms with E-state index in [-0.39, 0.29) is 37.7 Å². The highest BCUT2D eigenvalue weighted by Crippen LogP contribution is 2.23. The molecular weight excluding hydrogens is 486 g/mol. The minimum atomic E-state index is -0.849. The first-order valence-corrected chi connectivity index (χ1v) is 13.4. The molecule has 2 rings (SSSR count). The number of carboxylic acids is 1. The van der Waals surface area contributed by atoms with Gasteiger partial charge in [0, 0.05) is 30.3 Å². The van der Waals surface area contributed by atoms with Crippen LogP contribution in [0.3, 0.4) is 0 Å². The molecule has 38 heavy (non-hydrogen) atoms. The van der Waals surface area contributed by atoms with Crippen molar-refractivity contribution in [2.75, 3.05) is 30.9 Å². The summed E-state index contributed by atoms with van der Waals surface area (Å²) in [7, 11) is 0. The van der Waals surface area contributed by atoms with Crippen molar-refractivity contribution >= 4 is 17.7 Å². The van der Waals surface area contributed by atoms with Gasteiger partial charge in [-0.25, -0.2) is 4.98 Å². The minimum absolute atomic E-state index is 0.00463. The van der Waals surface area contributed by atoms with Crippen LogP contribution in [-0.4, -0.2) is 68.3 Å². The van der Waals surface area contributed by atoms with Gasteiger partial charge in [-0.2, -0.15) is 4.98 Å². The van der Waals surface area contributed by atoms with Gasteiger partial charge in [0.2, 0.25) is 5.95 Å². The van der Waals surface area contributed by atoms with E-state index in [0.717, 1.165) is 60.9 Å². The molecule has 1 aromatic heterocycles. The lowest BCUT2D eigenvalue weighted by Gasteiger charge is -2.20. The summed E-state index contributed by atoms with van der Waals surface area (Å²) in [6.45, 7) is 8.52. The lowest BCUT2D eigenvalue weighted by Crippen LogP contribution is -2.25. The number of nitrogens with zero attached hydrogens (tertiary/aromatic N) is 2. The van der Waals surface area contributed by atoms with Crippen LogP contribution in [0.4, 0.5) is 11.8 Å². The maximum absolute atomic E-state index is 10.8. The largest absolute Gasteiger partial charge is 0.481 e. The Hall–Kier alpha value is -2.79. The number of aromatic nitrogens is 2. The summed E-state index contributed by atoms with van der Waals surface area (Å²) in [5.74, 6) is -0.0196. The molecule has 1 heterocycles. The number of rotatable bonds is 14. The molecule has 0 fully saturated rings. The highest BCUT2D eigenvalue weighted by atomic mass is 16.4. The van der Waals surface area contributed by atoms with Gasteiger partial charge < -0.3 is 37.2 Å². The summed E-state index contributed by atoms with van der Waals surface area (Å²) in [6.07, 6.45) is 6.38. The third-order valence-electron chi connectivity index (χ3n) is 5.59. The number of aliphatic hydroxyl groups excluding tert-OH is 3. The number of aliphatic carboxylic acids is 1. The van der Waals surface area contributed by atoms with Crippen molar-refractivity contribution in [3.63, 3.8) is 0 Å². The van der Waals surface area contributed by atoms with Crippen LogP contribution in [0.25, 0.3) is 0 Å². The third kappa shape index (κ3) is 15.5. The Morgan fingerprint density at radius 1 is 0.947 bits per heavy atom. The number of carboxylic acid groups (broad SMARTS) is 1. The summed E-state index contributed by atoms with van der Waals surface area (Å²) >= 11 is 0. The Morgan fingerprint density at radius 2 is 1.55 bits per heavy atom. The number of unbranched alkanes of at least 4 members (excludes halogenated alkanes) is 1. The molecule has 0 aliphatic heterocycles. The molecule has 0 radical (unpaired) electrons. The van der Waals surface area contributed by atoms with Crippen molar-refractivity contribution < 1.29 is 25.2 Å². The highest BCUT2D eigenvalue weighted by Gasteiger charge is 2.15. The molecular formula is C28H49N5O5. The Bertz CT molecular complexity index is 894. The molecule has 216 valence electrons. The molecule has 1 aromatic carbocycles. The average Bonchev–Trinajstić information content (AvgIpc) is 2.87. The van der Waals surface area contributed by atoms with E-state index in [0.29, 0.717) is 18.8 Å². The predicted molar refractivity (Wildman–Crippen MR) is 153 cm³/mol. The fourth-order valence-electron chi connectivity index (χ4n) is 3.47. The van der Waals surface area contributed by atoms with E-state index < -0.39 is 5.97 Å². The van der Waals surface area contributed by atoms with Gasteiger partial charge in [-0.05, 0) is 37.3 Å². The zero-order valence-electron chi connectivity index (χ0n) is 23.5. The maximum Gasteiger partial charge on any atom is 0.307 e. The van der Waals surface area contributed by atoms with E-state index in [1.165, 1.54) is 0 Å². The summed E-state index contributed by atoms with van der Waals surface area (Å²) in [4.78, 5) is 19.4. The van der Waals surface area contributed by atoms with Gasteiger partial charge in [-0.3, -0.25) is 4.79 Å².